The lowest BCUT2D eigenvalue weighted by molar-refractivity contribution is 0.503. The second-order valence-corrected chi connectivity index (χ2v) is 3.33. The minimum Gasteiger partial charge on any atom is -0.322 e. The monoisotopic (exact) mass is 175 g/mol. The van der Waals surface area contributed by atoms with Gasteiger partial charge in [-0.15, -0.1) is 0 Å². The Labute approximate surface area is 78.2 Å². The van der Waals surface area contributed by atoms with Crippen molar-refractivity contribution in [1.29, 1.82) is 5.26 Å². The highest BCUT2D eigenvalue weighted by Crippen LogP contribution is 2.16. The van der Waals surface area contributed by atoms with Crippen LogP contribution in [0.5, 0.6) is 0 Å². The van der Waals surface area contributed by atoms with Gasteiger partial charge in [-0.2, -0.15) is 5.26 Å². The zero-order chi connectivity index (χ0) is 9.84. The molecule has 68 valence electrons. The second kappa shape index (κ2) is 4.01. The number of aromatic nitrogens is 1. The molecular formula is C10H13N3. The van der Waals surface area contributed by atoms with E-state index in [9.17, 15) is 0 Å². The van der Waals surface area contributed by atoms with Gasteiger partial charge in [0.15, 0.2) is 0 Å². The van der Waals surface area contributed by atoms with Gasteiger partial charge >= 0.3 is 0 Å². The van der Waals surface area contributed by atoms with Crippen molar-refractivity contribution < 1.29 is 0 Å². The summed E-state index contributed by atoms with van der Waals surface area (Å²) in [6, 6.07) is 7.24. The molecule has 0 radical (unpaired) electrons. The summed E-state index contributed by atoms with van der Waals surface area (Å²) in [5, 5.41) is 8.63. The van der Waals surface area contributed by atoms with E-state index in [2.05, 4.69) is 4.98 Å². The van der Waals surface area contributed by atoms with Crippen molar-refractivity contribution in [1.82, 2.24) is 4.98 Å². The third-order valence-corrected chi connectivity index (χ3v) is 1.94. The number of nitrogens with two attached hydrogens (primary N) is 1. The van der Waals surface area contributed by atoms with Crippen molar-refractivity contribution in [2.24, 2.45) is 11.7 Å². The fourth-order valence-electron chi connectivity index (χ4n) is 1.04. The van der Waals surface area contributed by atoms with Gasteiger partial charge < -0.3 is 5.73 Å². The fourth-order valence-corrected chi connectivity index (χ4v) is 1.04. The highest BCUT2D eigenvalue weighted by atomic mass is 14.8. The number of pyridine rings is 1. The molecule has 0 aliphatic heterocycles. The van der Waals surface area contributed by atoms with Crippen LogP contribution in [0.4, 0.5) is 0 Å². The first-order valence-electron chi connectivity index (χ1n) is 4.27. The van der Waals surface area contributed by atoms with E-state index in [1.54, 1.807) is 6.07 Å². The summed E-state index contributed by atoms with van der Waals surface area (Å²) in [6.07, 6.45) is 0. The van der Waals surface area contributed by atoms with Gasteiger partial charge in [-0.1, -0.05) is 19.9 Å². The molecule has 0 aromatic carbocycles. The first-order chi connectivity index (χ1) is 6.15. The Morgan fingerprint density at radius 3 is 2.69 bits per heavy atom. The lowest BCUT2D eigenvalue weighted by atomic mass is 10.0. The number of rotatable bonds is 2. The van der Waals surface area contributed by atoms with Crippen LogP contribution in [0.1, 0.15) is 31.3 Å². The van der Waals surface area contributed by atoms with E-state index in [0.29, 0.717) is 11.6 Å². The van der Waals surface area contributed by atoms with Gasteiger partial charge in [-0.25, -0.2) is 4.98 Å². The highest BCUT2D eigenvalue weighted by Gasteiger charge is 2.11. The minimum absolute atomic E-state index is 0.0895. The molecular weight excluding hydrogens is 162 g/mol. The van der Waals surface area contributed by atoms with Gasteiger partial charge in [0.2, 0.25) is 0 Å². The molecule has 13 heavy (non-hydrogen) atoms. The zero-order valence-corrected chi connectivity index (χ0v) is 7.86. The van der Waals surface area contributed by atoms with E-state index < -0.39 is 0 Å². The molecule has 3 heteroatoms. The Bertz CT molecular complexity index is 325. The van der Waals surface area contributed by atoms with Crippen LogP contribution < -0.4 is 5.73 Å². The van der Waals surface area contributed by atoms with Gasteiger partial charge in [0, 0.05) is 6.04 Å². The largest absolute Gasteiger partial charge is 0.322 e. The van der Waals surface area contributed by atoms with Gasteiger partial charge in [0.05, 0.1) is 5.69 Å². The number of nitrogens with zero attached hydrogens (tertiary/aromatic N) is 2. The lowest BCUT2D eigenvalue weighted by Gasteiger charge is -2.14. The molecule has 0 fully saturated rings. The molecule has 0 unspecified atom stereocenters. The van der Waals surface area contributed by atoms with E-state index in [0.717, 1.165) is 5.69 Å². The summed E-state index contributed by atoms with van der Waals surface area (Å²) in [5.74, 6) is 0.335. The Kier molecular flexibility index (Phi) is 2.99. The number of hydrogen-bond acceptors (Lipinski definition) is 3. The summed E-state index contributed by atoms with van der Waals surface area (Å²) in [7, 11) is 0. The van der Waals surface area contributed by atoms with E-state index in [1.807, 2.05) is 32.0 Å². The number of hydrogen-bond donors (Lipinski definition) is 1. The SMILES string of the molecule is CC(C)[C@@H](N)c1cccc(C#N)n1. The summed E-state index contributed by atoms with van der Waals surface area (Å²) < 4.78 is 0. The standard InChI is InChI=1S/C10H13N3/c1-7(2)10(12)9-5-3-4-8(6-11)13-9/h3-5,7,10H,12H2,1-2H3/t10-/m1/s1. The molecule has 0 spiro atoms. The van der Waals surface area contributed by atoms with Gasteiger partial charge in [0.1, 0.15) is 11.8 Å². The molecule has 1 aromatic heterocycles. The second-order valence-electron chi connectivity index (χ2n) is 3.33. The number of nitriles is 1. The zero-order valence-electron chi connectivity index (χ0n) is 7.86. The highest BCUT2D eigenvalue weighted by molar-refractivity contribution is 5.23. The van der Waals surface area contributed by atoms with Crippen LogP contribution >= 0.6 is 0 Å². The third-order valence-electron chi connectivity index (χ3n) is 1.94. The lowest BCUT2D eigenvalue weighted by Crippen LogP contribution is -2.18. The van der Waals surface area contributed by atoms with E-state index >= 15 is 0 Å². The van der Waals surface area contributed by atoms with Crippen LogP contribution in [-0.4, -0.2) is 4.98 Å². The molecule has 0 aliphatic carbocycles. The quantitative estimate of drug-likeness (QED) is 0.742. The van der Waals surface area contributed by atoms with Crippen LogP contribution in [0.25, 0.3) is 0 Å². The van der Waals surface area contributed by atoms with E-state index in [1.165, 1.54) is 0 Å². The normalized spacial score (nSPS) is 12.5. The Balaban J connectivity index is 2.96. The van der Waals surface area contributed by atoms with Crippen LogP contribution in [-0.2, 0) is 0 Å². The van der Waals surface area contributed by atoms with Crippen molar-refractivity contribution in [3.63, 3.8) is 0 Å². The first-order valence-corrected chi connectivity index (χ1v) is 4.27. The van der Waals surface area contributed by atoms with Crippen LogP contribution in [0.3, 0.4) is 0 Å². The molecule has 0 aliphatic rings. The van der Waals surface area contributed by atoms with Crippen molar-refractivity contribution in [2.75, 3.05) is 0 Å². The van der Waals surface area contributed by atoms with Gasteiger partial charge in [-0.3, -0.25) is 0 Å². The van der Waals surface area contributed by atoms with E-state index in [4.69, 9.17) is 11.0 Å². The maximum absolute atomic E-state index is 8.63. The van der Waals surface area contributed by atoms with Crippen LogP contribution in [0.2, 0.25) is 0 Å². The van der Waals surface area contributed by atoms with Crippen molar-refractivity contribution in [3.8, 4) is 6.07 Å². The summed E-state index contributed by atoms with van der Waals surface area (Å²) in [4.78, 5) is 4.13. The molecule has 1 aromatic rings. The maximum Gasteiger partial charge on any atom is 0.140 e. The van der Waals surface area contributed by atoms with Crippen molar-refractivity contribution in [2.45, 2.75) is 19.9 Å². The topological polar surface area (TPSA) is 62.7 Å². The predicted octanol–water partition coefficient (Wildman–Crippen LogP) is 1.61. The summed E-state index contributed by atoms with van der Waals surface area (Å²) in [6.45, 7) is 4.07. The Morgan fingerprint density at radius 2 is 2.15 bits per heavy atom. The smallest absolute Gasteiger partial charge is 0.140 e. The molecule has 0 amide bonds. The average Bonchev–Trinajstić information content (AvgIpc) is 2.16. The first kappa shape index (κ1) is 9.69. The minimum atomic E-state index is -0.0895. The summed E-state index contributed by atoms with van der Waals surface area (Å²) >= 11 is 0. The van der Waals surface area contributed by atoms with E-state index in [-0.39, 0.29) is 6.04 Å². The summed E-state index contributed by atoms with van der Waals surface area (Å²) in [5.41, 5.74) is 7.10. The Hall–Kier alpha value is -1.40. The van der Waals surface area contributed by atoms with Crippen LogP contribution in [0, 0.1) is 17.2 Å². The van der Waals surface area contributed by atoms with Crippen LogP contribution in [0.15, 0.2) is 18.2 Å². The van der Waals surface area contributed by atoms with Crippen molar-refractivity contribution >= 4 is 0 Å². The molecule has 2 N–H and O–H groups in total. The maximum atomic E-state index is 8.63. The molecule has 0 bridgehead atoms. The average molecular weight is 175 g/mol. The molecule has 0 saturated heterocycles. The van der Waals surface area contributed by atoms with Gasteiger partial charge in [-0.05, 0) is 18.1 Å². The molecule has 3 nitrogen and oxygen atoms in total. The molecule has 1 atom stereocenters. The third kappa shape index (κ3) is 2.27. The molecule has 1 heterocycles. The van der Waals surface area contributed by atoms with Crippen molar-refractivity contribution in [3.05, 3.63) is 29.6 Å². The fraction of sp³-hybridized carbons (Fsp3) is 0.400. The molecule has 0 saturated carbocycles. The Morgan fingerprint density at radius 1 is 1.46 bits per heavy atom. The van der Waals surface area contributed by atoms with Gasteiger partial charge in [0.25, 0.3) is 0 Å². The molecule has 1 rings (SSSR count). The predicted molar refractivity (Wildman–Crippen MR) is 50.7 cm³/mol.